The number of carboxylic acids is 1. The molecule has 0 saturated carbocycles. The molecule has 1 aromatic heterocycles. The molecule has 2 aromatic carbocycles. The number of ether oxygens (including phenoxy) is 1. The molecule has 0 radical (unpaired) electrons. The Morgan fingerprint density at radius 3 is 2.58 bits per heavy atom. The van der Waals surface area contributed by atoms with Crippen LogP contribution in [-0.4, -0.2) is 45.6 Å². The molecule has 4 nitrogen and oxygen atoms in total. The third-order valence-electron chi connectivity index (χ3n) is 5.07. The van der Waals surface area contributed by atoms with Crippen molar-refractivity contribution in [3.8, 4) is 5.88 Å². The molecule has 0 spiro atoms. The molecule has 0 atom stereocenters. The maximum absolute atomic E-state index is 14.1. The average molecular weight is 448 g/mol. The molecule has 0 saturated heterocycles. The van der Waals surface area contributed by atoms with E-state index in [9.17, 15) is 14.3 Å². The first-order valence-corrected chi connectivity index (χ1v) is 9.98. The molecule has 7 heteroatoms. The molecule has 1 aliphatic carbocycles. The Morgan fingerprint density at radius 1 is 1.10 bits per heavy atom. The first kappa shape index (κ1) is 23.5. The van der Waals surface area contributed by atoms with Crippen molar-refractivity contribution in [1.29, 1.82) is 0 Å². The van der Waals surface area contributed by atoms with E-state index in [1.165, 1.54) is 18.3 Å². The van der Waals surface area contributed by atoms with E-state index in [4.69, 9.17) is 16.3 Å². The molecule has 1 N–H and O–H groups in total. The van der Waals surface area contributed by atoms with Gasteiger partial charge in [-0.15, -0.1) is 0 Å². The molecule has 0 amide bonds. The molecule has 154 valence electrons. The van der Waals surface area contributed by atoms with Crippen LogP contribution in [0.1, 0.15) is 46.3 Å². The molecule has 1 aliphatic rings. The zero-order valence-corrected chi connectivity index (χ0v) is 16.8. The predicted octanol–water partition coefficient (Wildman–Crippen LogP) is 5.60. The molecule has 3 aromatic rings. The normalized spacial score (nSPS) is 13.1. The molecule has 0 fully saturated rings. The first-order chi connectivity index (χ1) is 14.5. The van der Waals surface area contributed by atoms with E-state index >= 15 is 0 Å². The van der Waals surface area contributed by atoms with Crippen molar-refractivity contribution in [3.05, 3.63) is 93.9 Å². The number of nitrogens with zero attached hydrogens (tertiary/aromatic N) is 1. The summed E-state index contributed by atoms with van der Waals surface area (Å²) in [4.78, 5) is 15.7. The SMILES string of the molecule is O=C(O)c1cc(F)cc(C2=C(c3cc(Cl)cnc3OCc3ccccc3)CCC2)c1.[NaH]. The van der Waals surface area contributed by atoms with Crippen molar-refractivity contribution in [1.82, 2.24) is 4.98 Å². The Labute approximate surface area is 207 Å². The van der Waals surface area contributed by atoms with Crippen molar-refractivity contribution in [2.24, 2.45) is 0 Å². The number of rotatable bonds is 6. The Balaban J connectivity index is 0.00000272. The average Bonchev–Trinajstić information content (AvgIpc) is 3.23. The molecular weight excluding hydrogens is 428 g/mol. The van der Waals surface area contributed by atoms with Crippen LogP contribution in [0.3, 0.4) is 0 Å². The van der Waals surface area contributed by atoms with E-state index < -0.39 is 11.8 Å². The number of hydrogen-bond acceptors (Lipinski definition) is 3. The topological polar surface area (TPSA) is 59.4 Å². The van der Waals surface area contributed by atoms with Crippen LogP contribution in [0.25, 0.3) is 11.1 Å². The van der Waals surface area contributed by atoms with Crippen LogP contribution in [0, 0.1) is 5.82 Å². The van der Waals surface area contributed by atoms with Crippen molar-refractivity contribution in [2.45, 2.75) is 25.9 Å². The predicted molar refractivity (Wildman–Crippen MR) is 121 cm³/mol. The Bertz CT molecular complexity index is 1130. The molecule has 1 heterocycles. The summed E-state index contributed by atoms with van der Waals surface area (Å²) in [6.07, 6.45) is 3.86. The van der Waals surface area contributed by atoms with Crippen molar-refractivity contribution in [3.63, 3.8) is 0 Å². The van der Waals surface area contributed by atoms with Gasteiger partial charge in [-0.3, -0.25) is 0 Å². The van der Waals surface area contributed by atoms with Crippen LogP contribution in [0.5, 0.6) is 5.88 Å². The maximum atomic E-state index is 14.1. The minimum atomic E-state index is -1.16. The Hall–Kier alpha value is -2.18. The van der Waals surface area contributed by atoms with Gasteiger partial charge < -0.3 is 9.84 Å². The van der Waals surface area contributed by atoms with Crippen LogP contribution in [0.2, 0.25) is 5.02 Å². The van der Waals surface area contributed by atoms with Crippen LogP contribution in [0.4, 0.5) is 4.39 Å². The molecule has 0 bridgehead atoms. The van der Waals surface area contributed by atoms with E-state index in [0.29, 0.717) is 29.5 Å². The fraction of sp³-hybridized carbons (Fsp3) is 0.167. The standard InChI is InChI=1S/C24H19ClFNO3.Na.H/c25-18-12-22(23(27-13-18)30-14-15-5-2-1-3-6-15)21-8-4-7-20(21)16-9-17(24(28)29)11-19(26)10-16;;/h1-3,5-6,9-13H,4,7-8,14H2,(H,28,29);;. The number of halogens is 2. The summed E-state index contributed by atoms with van der Waals surface area (Å²) in [6.45, 7) is 0.355. The summed E-state index contributed by atoms with van der Waals surface area (Å²) in [6, 6.07) is 15.5. The van der Waals surface area contributed by atoms with Crippen LogP contribution < -0.4 is 4.74 Å². The Morgan fingerprint density at radius 2 is 1.84 bits per heavy atom. The number of hydrogen-bond donors (Lipinski definition) is 1. The quantitative estimate of drug-likeness (QED) is 0.500. The van der Waals surface area contributed by atoms with Gasteiger partial charge in [0.25, 0.3) is 0 Å². The van der Waals surface area contributed by atoms with Gasteiger partial charge in [0.15, 0.2) is 0 Å². The summed E-state index contributed by atoms with van der Waals surface area (Å²) < 4.78 is 20.1. The summed E-state index contributed by atoms with van der Waals surface area (Å²) in [5.41, 5.74) is 4.10. The number of aromatic carboxylic acids is 1. The van der Waals surface area contributed by atoms with E-state index in [-0.39, 0.29) is 35.1 Å². The van der Waals surface area contributed by atoms with Gasteiger partial charge in [0.2, 0.25) is 5.88 Å². The number of carboxylic acid groups (broad SMARTS) is 1. The van der Waals surface area contributed by atoms with Gasteiger partial charge >= 0.3 is 35.5 Å². The molecule has 4 rings (SSSR count). The number of allylic oxidation sites excluding steroid dienone is 2. The van der Waals surface area contributed by atoms with Gasteiger partial charge in [-0.25, -0.2) is 14.2 Å². The van der Waals surface area contributed by atoms with E-state index in [0.717, 1.165) is 41.2 Å². The summed E-state index contributed by atoms with van der Waals surface area (Å²) in [5, 5.41) is 9.76. The van der Waals surface area contributed by atoms with E-state index in [2.05, 4.69) is 4.98 Å². The van der Waals surface area contributed by atoms with Crippen LogP contribution in [-0.2, 0) is 6.61 Å². The van der Waals surface area contributed by atoms with Gasteiger partial charge in [0.1, 0.15) is 12.4 Å². The van der Waals surface area contributed by atoms with E-state index in [1.807, 2.05) is 30.3 Å². The molecule has 0 unspecified atom stereocenters. The van der Waals surface area contributed by atoms with Crippen molar-refractivity contribution >= 4 is 58.3 Å². The molecular formula is C24H20ClFNNaO3. The summed E-state index contributed by atoms with van der Waals surface area (Å²) >= 11 is 6.22. The van der Waals surface area contributed by atoms with Crippen molar-refractivity contribution in [2.75, 3.05) is 0 Å². The number of aromatic nitrogens is 1. The second kappa shape index (κ2) is 10.4. The third kappa shape index (κ3) is 5.55. The Kier molecular flexibility index (Phi) is 7.89. The second-order valence-electron chi connectivity index (χ2n) is 7.12. The van der Waals surface area contributed by atoms with Gasteiger partial charge in [0.05, 0.1) is 10.6 Å². The number of carbonyl (C=O) groups is 1. The summed E-state index contributed by atoms with van der Waals surface area (Å²) in [7, 11) is 0. The first-order valence-electron chi connectivity index (χ1n) is 9.60. The zero-order chi connectivity index (χ0) is 21.1. The molecule has 0 aliphatic heterocycles. The monoisotopic (exact) mass is 447 g/mol. The number of pyridine rings is 1. The van der Waals surface area contributed by atoms with Crippen LogP contribution in [0.15, 0.2) is 60.8 Å². The van der Waals surface area contributed by atoms with Gasteiger partial charge in [0, 0.05) is 11.8 Å². The number of benzene rings is 2. The van der Waals surface area contributed by atoms with E-state index in [1.54, 1.807) is 6.07 Å². The van der Waals surface area contributed by atoms with Gasteiger partial charge in [-0.2, -0.15) is 0 Å². The fourth-order valence-electron chi connectivity index (χ4n) is 3.73. The zero-order valence-electron chi connectivity index (χ0n) is 16.1. The van der Waals surface area contributed by atoms with Gasteiger partial charge in [-0.1, -0.05) is 41.9 Å². The minimum absolute atomic E-state index is 0. The molecule has 31 heavy (non-hydrogen) atoms. The second-order valence-corrected chi connectivity index (χ2v) is 7.56. The summed E-state index contributed by atoms with van der Waals surface area (Å²) in [5.74, 6) is -1.28. The third-order valence-corrected chi connectivity index (χ3v) is 5.28. The fourth-order valence-corrected chi connectivity index (χ4v) is 3.89. The van der Waals surface area contributed by atoms with Gasteiger partial charge in [-0.05, 0) is 65.8 Å². The van der Waals surface area contributed by atoms with Crippen LogP contribution >= 0.6 is 11.6 Å². The van der Waals surface area contributed by atoms with Crippen molar-refractivity contribution < 1.29 is 19.0 Å².